The molecule has 0 aliphatic carbocycles. The number of rotatable bonds is 7. The maximum absolute atomic E-state index is 12.8. The number of hydrogen-bond donors (Lipinski definition) is 2. The molecule has 0 saturated carbocycles. The second kappa shape index (κ2) is 9.41. The molecule has 1 amide bonds. The summed E-state index contributed by atoms with van der Waals surface area (Å²) in [5, 5.41) is 4.69. The number of thiophene rings is 1. The topological polar surface area (TPSA) is 106 Å². The second-order valence-corrected chi connectivity index (χ2v) is 8.21. The van der Waals surface area contributed by atoms with Crippen molar-refractivity contribution in [2.45, 2.75) is 12.5 Å². The van der Waals surface area contributed by atoms with Crippen LogP contribution in [0, 0.1) is 0 Å². The van der Waals surface area contributed by atoms with E-state index in [-0.39, 0.29) is 30.3 Å². The SMILES string of the molecule is COc1cc(=O)[nH]c(NC(=O)CN2CCc3cc(OC)c(OC)cc3[C@@H]2c2cccs2)n1. The summed E-state index contributed by atoms with van der Waals surface area (Å²) in [5.41, 5.74) is 1.84. The van der Waals surface area contributed by atoms with Gasteiger partial charge < -0.3 is 14.2 Å². The Morgan fingerprint density at radius 1 is 1.22 bits per heavy atom. The summed E-state index contributed by atoms with van der Waals surface area (Å²) in [6, 6.07) is 9.17. The van der Waals surface area contributed by atoms with Crippen LogP contribution in [0.4, 0.5) is 5.95 Å². The molecular formula is C22H24N4O5S. The molecule has 3 heterocycles. The summed E-state index contributed by atoms with van der Waals surface area (Å²) < 4.78 is 16.0. The fourth-order valence-electron chi connectivity index (χ4n) is 3.90. The van der Waals surface area contributed by atoms with E-state index in [0.29, 0.717) is 18.0 Å². The fourth-order valence-corrected chi connectivity index (χ4v) is 4.78. The number of nitrogens with zero attached hydrogens (tertiary/aromatic N) is 2. The van der Waals surface area contributed by atoms with Crippen molar-refractivity contribution in [2.24, 2.45) is 0 Å². The Kier molecular flexibility index (Phi) is 6.42. The average Bonchev–Trinajstić information content (AvgIpc) is 3.31. The third-order valence-electron chi connectivity index (χ3n) is 5.32. The van der Waals surface area contributed by atoms with E-state index in [1.54, 1.807) is 25.6 Å². The molecular weight excluding hydrogens is 432 g/mol. The minimum atomic E-state index is -0.406. The van der Waals surface area contributed by atoms with Gasteiger partial charge in [-0.05, 0) is 41.1 Å². The van der Waals surface area contributed by atoms with Gasteiger partial charge in [0, 0.05) is 11.4 Å². The van der Waals surface area contributed by atoms with Crippen LogP contribution in [0.2, 0.25) is 0 Å². The summed E-state index contributed by atoms with van der Waals surface area (Å²) in [6.07, 6.45) is 0.763. The lowest BCUT2D eigenvalue weighted by molar-refractivity contribution is -0.117. The fraction of sp³-hybridized carbons (Fsp3) is 0.318. The minimum Gasteiger partial charge on any atom is -0.493 e. The van der Waals surface area contributed by atoms with Crippen molar-refractivity contribution < 1.29 is 19.0 Å². The molecule has 2 N–H and O–H groups in total. The van der Waals surface area contributed by atoms with Crippen molar-refractivity contribution in [3.8, 4) is 17.4 Å². The number of aromatic nitrogens is 2. The lowest BCUT2D eigenvalue weighted by Gasteiger charge is -2.36. The van der Waals surface area contributed by atoms with Gasteiger partial charge in [-0.1, -0.05) is 6.07 Å². The number of ether oxygens (including phenoxy) is 3. The molecule has 0 saturated heterocycles. The summed E-state index contributed by atoms with van der Waals surface area (Å²) in [4.78, 5) is 34.4. The van der Waals surface area contributed by atoms with E-state index in [0.717, 1.165) is 22.4 Å². The first-order valence-corrected chi connectivity index (χ1v) is 10.9. The normalized spacial score (nSPS) is 15.7. The summed E-state index contributed by atoms with van der Waals surface area (Å²) >= 11 is 1.64. The quantitative estimate of drug-likeness (QED) is 0.563. The molecule has 32 heavy (non-hydrogen) atoms. The van der Waals surface area contributed by atoms with Crippen LogP contribution in [0.3, 0.4) is 0 Å². The Hall–Kier alpha value is -3.37. The van der Waals surface area contributed by atoms with Crippen LogP contribution in [0.5, 0.6) is 17.4 Å². The average molecular weight is 457 g/mol. The predicted molar refractivity (Wildman–Crippen MR) is 121 cm³/mol. The largest absolute Gasteiger partial charge is 0.493 e. The minimum absolute atomic E-state index is 0.0517. The predicted octanol–water partition coefficient (Wildman–Crippen LogP) is 2.44. The first-order valence-electron chi connectivity index (χ1n) is 9.99. The van der Waals surface area contributed by atoms with Crippen LogP contribution < -0.4 is 25.1 Å². The highest BCUT2D eigenvalue weighted by Crippen LogP contribution is 2.42. The highest BCUT2D eigenvalue weighted by Gasteiger charge is 2.32. The van der Waals surface area contributed by atoms with Gasteiger partial charge in [-0.2, -0.15) is 4.98 Å². The number of fused-ring (bicyclic) bond motifs is 1. The van der Waals surface area contributed by atoms with Crippen LogP contribution >= 0.6 is 11.3 Å². The highest BCUT2D eigenvalue weighted by atomic mass is 32.1. The molecule has 9 nitrogen and oxygen atoms in total. The Balaban J connectivity index is 1.62. The van der Waals surface area contributed by atoms with E-state index < -0.39 is 5.56 Å². The molecule has 168 valence electrons. The zero-order chi connectivity index (χ0) is 22.7. The van der Waals surface area contributed by atoms with Gasteiger partial charge in [0.15, 0.2) is 11.5 Å². The van der Waals surface area contributed by atoms with Gasteiger partial charge in [-0.25, -0.2) is 0 Å². The van der Waals surface area contributed by atoms with Crippen LogP contribution in [0.25, 0.3) is 0 Å². The lowest BCUT2D eigenvalue weighted by Crippen LogP contribution is -2.41. The Bertz CT molecular complexity index is 1160. The zero-order valence-electron chi connectivity index (χ0n) is 18.0. The molecule has 1 atom stereocenters. The Morgan fingerprint density at radius 3 is 2.69 bits per heavy atom. The van der Waals surface area contributed by atoms with E-state index in [9.17, 15) is 9.59 Å². The van der Waals surface area contributed by atoms with Gasteiger partial charge in [-0.3, -0.25) is 24.8 Å². The summed E-state index contributed by atoms with van der Waals surface area (Å²) in [5.74, 6) is 1.24. The number of aromatic amines is 1. The number of H-pyrrole nitrogens is 1. The third-order valence-corrected chi connectivity index (χ3v) is 6.24. The molecule has 3 aromatic rings. The maximum atomic E-state index is 12.8. The monoisotopic (exact) mass is 456 g/mol. The third kappa shape index (κ3) is 4.46. The standard InChI is InChI=1S/C22H24N4O5S/c1-29-15-9-13-6-7-26(12-19(28)24-22-23-18(27)11-20(25-22)31-3)21(17-5-4-8-32-17)14(13)10-16(15)30-2/h4-5,8-11,21H,6-7,12H2,1-3H3,(H2,23,24,25,27,28)/t21-/m1/s1. The first kappa shape index (κ1) is 21.8. The Labute approximate surface area is 189 Å². The molecule has 1 aliphatic heterocycles. The number of methoxy groups -OCH3 is 3. The van der Waals surface area contributed by atoms with E-state index in [2.05, 4.69) is 26.3 Å². The molecule has 0 fully saturated rings. The van der Waals surface area contributed by atoms with E-state index >= 15 is 0 Å². The van der Waals surface area contributed by atoms with Crippen LogP contribution in [-0.4, -0.2) is 55.2 Å². The summed E-state index contributed by atoms with van der Waals surface area (Å²) in [7, 11) is 4.64. The van der Waals surface area contributed by atoms with E-state index in [4.69, 9.17) is 14.2 Å². The van der Waals surface area contributed by atoms with Gasteiger partial charge in [0.25, 0.3) is 5.56 Å². The molecule has 2 aromatic heterocycles. The number of nitrogens with one attached hydrogen (secondary N) is 2. The van der Waals surface area contributed by atoms with Gasteiger partial charge in [0.1, 0.15) is 0 Å². The van der Waals surface area contributed by atoms with Crippen LogP contribution in [0.1, 0.15) is 22.0 Å². The zero-order valence-corrected chi connectivity index (χ0v) is 18.8. The van der Waals surface area contributed by atoms with Crippen molar-refractivity contribution in [2.75, 3.05) is 39.7 Å². The van der Waals surface area contributed by atoms with E-state index in [1.165, 1.54) is 13.2 Å². The highest BCUT2D eigenvalue weighted by molar-refractivity contribution is 7.10. The number of hydrogen-bond acceptors (Lipinski definition) is 8. The summed E-state index contributed by atoms with van der Waals surface area (Å²) in [6.45, 7) is 0.803. The van der Waals surface area contributed by atoms with Crippen molar-refractivity contribution in [3.05, 3.63) is 62.1 Å². The number of carbonyl (C=O) groups excluding carboxylic acids is 1. The van der Waals surface area contributed by atoms with Gasteiger partial charge in [-0.15, -0.1) is 11.3 Å². The molecule has 1 aromatic carbocycles. The number of anilines is 1. The maximum Gasteiger partial charge on any atom is 0.256 e. The molecule has 0 unspecified atom stereocenters. The number of amides is 1. The smallest absolute Gasteiger partial charge is 0.256 e. The van der Waals surface area contributed by atoms with Crippen molar-refractivity contribution in [1.29, 1.82) is 0 Å². The molecule has 0 bridgehead atoms. The Morgan fingerprint density at radius 2 is 2.00 bits per heavy atom. The van der Waals surface area contributed by atoms with Gasteiger partial charge in [0.2, 0.25) is 17.7 Å². The lowest BCUT2D eigenvalue weighted by atomic mass is 9.91. The van der Waals surface area contributed by atoms with Gasteiger partial charge in [0.05, 0.1) is 40.0 Å². The van der Waals surface area contributed by atoms with Crippen LogP contribution in [-0.2, 0) is 11.2 Å². The molecule has 0 spiro atoms. The van der Waals surface area contributed by atoms with Crippen LogP contribution in [0.15, 0.2) is 40.5 Å². The molecule has 0 radical (unpaired) electrons. The molecule has 1 aliphatic rings. The van der Waals surface area contributed by atoms with E-state index in [1.807, 2.05) is 23.6 Å². The van der Waals surface area contributed by atoms with Gasteiger partial charge >= 0.3 is 0 Å². The van der Waals surface area contributed by atoms with Crippen molar-refractivity contribution >= 4 is 23.2 Å². The van der Waals surface area contributed by atoms with Crippen molar-refractivity contribution in [3.63, 3.8) is 0 Å². The first-order chi connectivity index (χ1) is 15.5. The second-order valence-electron chi connectivity index (χ2n) is 7.23. The molecule has 4 rings (SSSR count). The number of carbonyl (C=O) groups is 1. The van der Waals surface area contributed by atoms with Crippen molar-refractivity contribution in [1.82, 2.24) is 14.9 Å². The number of benzene rings is 1. The molecule has 10 heteroatoms.